The lowest BCUT2D eigenvalue weighted by molar-refractivity contribution is -0.145. The van der Waals surface area contributed by atoms with Crippen molar-refractivity contribution in [2.75, 3.05) is 20.3 Å². The highest BCUT2D eigenvalue weighted by molar-refractivity contribution is 5.73. The van der Waals surface area contributed by atoms with Crippen LogP contribution in [-0.2, 0) is 4.79 Å². The predicted octanol–water partition coefficient (Wildman–Crippen LogP) is 4.43. The van der Waals surface area contributed by atoms with E-state index in [9.17, 15) is 9.90 Å². The van der Waals surface area contributed by atoms with E-state index in [4.69, 9.17) is 9.47 Å². The molecule has 0 aromatic heterocycles. The smallest absolute Gasteiger partial charge is 0.320 e. The van der Waals surface area contributed by atoms with Gasteiger partial charge in [-0.25, -0.2) is 0 Å². The lowest BCUT2D eigenvalue weighted by Gasteiger charge is -2.40. The molecule has 150 valence electrons. The summed E-state index contributed by atoms with van der Waals surface area (Å²) in [5.74, 6) is 0.613. The number of nitrogens with zero attached hydrogens (tertiary/aromatic N) is 1. The molecular formula is C23H29NO4. The lowest BCUT2D eigenvalue weighted by atomic mass is 9.91. The zero-order valence-electron chi connectivity index (χ0n) is 16.9. The number of ether oxygens (including phenoxy) is 2. The fourth-order valence-corrected chi connectivity index (χ4v) is 4.08. The molecule has 3 rings (SSSR count). The van der Waals surface area contributed by atoms with Crippen molar-refractivity contribution in [3.05, 3.63) is 59.2 Å². The maximum atomic E-state index is 12.0. The number of piperidine rings is 1. The molecule has 0 bridgehead atoms. The first-order valence-corrected chi connectivity index (χ1v) is 9.91. The molecule has 2 aromatic carbocycles. The van der Waals surface area contributed by atoms with E-state index in [2.05, 4.69) is 30.0 Å². The quantitative estimate of drug-likeness (QED) is 0.766. The normalized spacial score (nSPS) is 18.5. The second-order valence-corrected chi connectivity index (χ2v) is 7.25. The molecule has 1 aliphatic heterocycles. The van der Waals surface area contributed by atoms with Crippen LogP contribution in [0.5, 0.6) is 11.5 Å². The van der Waals surface area contributed by atoms with Gasteiger partial charge in [-0.15, -0.1) is 0 Å². The van der Waals surface area contributed by atoms with Crippen LogP contribution in [0.3, 0.4) is 0 Å². The van der Waals surface area contributed by atoms with Crippen molar-refractivity contribution in [3.8, 4) is 11.5 Å². The number of likely N-dealkylation sites (tertiary alicyclic amines) is 1. The zero-order valence-corrected chi connectivity index (χ0v) is 16.9. The third-order valence-electron chi connectivity index (χ3n) is 5.32. The Hall–Kier alpha value is -2.53. The molecule has 2 aromatic rings. The first-order chi connectivity index (χ1) is 13.5. The minimum atomic E-state index is -0.754. The van der Waals surface area contributed by atoms with E-state index < -0.39 is 12.0 Å². The number of methoxy groups -OCH3 is 1. The number of hydrogen-bond acceptors (Lipinski definition) is 4. The van der Waals surface area contributed by atoms with Gasteiger partial charge >= 0.3 is 5.97 Å². The molecule has 1 aliphatic rings. The number of carboxylic acids is 1. The van der Waals surface area contributed by atoms with Gasteiger partial charge in [-0.1, -0.05) is 42.3 Å². The standard InChI is InChI=1S/C23H29NO4/c1-4-28-21-15-18(11-12-20(21)27-3)22(17-9-7-8-16(2)14-17)24-13-6-5-10-19(24)23(25)26/h7-9,11-12,14-15,19,22H,4-6,10,13H2,1-3H3,(H,25,26). The molecule has 0 radical (unpaired) electrons. The first kappa shape index (κ1) is 20.2. The van der Waals surface area contributed by atoms with Gasteiger partial charge in [-0.3, -0.25) is 9.69 Å². The van der Waals surface area contributed by atoms with Crippen LogP contribution in [0.25, 0.3) is 0 Å². The van der Waals surface area contributed by atoms with E-state index >= 15 is 0 Å². The summed E-state index contributed by atoms with van der Waals surface area (Å²) < 4.78 is 11.2. The maximum Gasteiger partial charge on any atom is 0.320 e. The van der Waals surface area contributed by atoms with Crippen molar-refractivity contribution in [3.63, 3.8) is 0 Å². The third-order valence-corrected chi connectivity index (χ3v) is 5.32. The number of aryl methyl sites for hydroxylation is 1. The fourth-order valence-electron chi connectivity index (χ4n) is 4.08. The van der Waals surface area contributed by atoms with E-state index in [0.29, 0.717) is 24.5 Å². The van der Waals surface area contributed by atoms with Gasteiger partial charge in [-0.05, 0) is 56.5 Å². The number of rotatable bonds is 7. The zero-order chi connectivity index (χ0) is 20.1. The Bertz CT molecular complexity index is 820. The van der Waals surface area contributed by atoms with Crippen LogP contribution in [0.1, 0.15) is 48.9 Å². The largest absolute Gasteiger partial charge is 0.493 e. The molecule has 28 heavy (non-hydrogen) atoms. The van der Waals surface area contributed by atoms with Gasteiger partial charge in [0.2, 0.25) is 0 Å². The highest BCUT2D eigenvalue weighted by atomic mass is 16.5. The Labute approximate surface area is 166 Å². The Morgan fingerprint density at radius 2 is 1.96 bits per heavy atom. The van der Waals surface area contributed by atoms with Gasteiger partial charge in [0.25, 0.3) is 0 Å². The number of carbonyl (C=O) groups is 1. The predicted molar refractivity (Wildman–Crippen MR) is 109 cm³/mol. The number of carboxylic acid groups (broad SMARTS) is 1. The van der Waals surface area contributed by atoms with Crippen molar-refractivity contribution in [1.29, 1.82) is 0 Å². The minimum Gasteiger partial charge on any atom is -0.493 e. The van der Waals surface area contributed by atoms with Crippen LogP contribution in [0, 0.1) is 6.92 Å². The molecule has 0 aliphatic carbocycles. The van der Waals surface area contributed by atoms with Gasteiger partial charge in [0.05, 0.1) is 19.8 Å². The van der Waals surface area contributed by atoms with Crippen molar-refractivity contribution in [1.82, 2.24) is 4.90 Å². The summed E-state index contributed by atoms with van der Waals surface area (Å²) >= 11 is 0. The van der Waals surface area contributed by atoms with Gasteiger partial charge in [0.1, 0.15) is 6.04 Å². The number of hydrogen-bond donors (Lipinski definition) is 1. The second-order valence-electron chi connectivity index (χ2n) is 7.25. The minimum absolute atomic E-state index is 0.147. The highest BCUT2D eigenvalue weighted by Gasteiger charge is 2.35. The van der Waals surface area contributed by atoms with Gasteiger partial charge in [-0.2, -0.15) is 0 Å². The monoisotopic (exact) mass is 383 g/mol. The highest BCUT2D eigenvalue weighted by Crippen LogP contribution is 2.38. The van der Waals surface area contributed by atoms with E-state index in [1.54, 1.807) is 7.11 Å². The van der Waals surface area contributed by atoms with Gasteiger partial charge in [0.15, 0.2) is 11.5 Å². The molecule has 0 amide bonds. The first-order valence-electron chi connectivity index (χ1n) is 9.91. The van der Waals surface area contributed by atoms with Crippen molar-refractivity contribution in [2.24, 2.45) is 0 Å². The molecule has 2 unspecified atom stereocenters. The molecule has 1 N–H and O–H groups in total. The number of aliphatic carboxylic acids is 1. The topological polar surface area (TPSA) is 59.0 Å². The summed E-state index contributed by atoms with van der Waals surface area (Å²) in [7, 11) is 1.63. The molecule has 0 spiro atoms. The van der Waals surface area contributed by atoms with Gasteiger partial charge in [0, 0.05) is 0 Å². The molecule has 5 heteroatoms. The molecule has 5 nitrogen and oxygen atoms in total. The average Bonchev–Trinajstić information content (AvgIpc) is 2.69. The third kappa shape index (κ3) is 4.30. The van der Waals surface area contributed by atoms with Crippen LogP contribution in [-0.4, -0.2) is 42.3 Å². The van der Waals surface area contributed by atoms with Gasteiger partial charge < -0.3 is 14.6 Å². The Morgan fingerprint density at radius 3 is 2.64 bits per heavy atom. The van der Waals surface area contributed by atoms with E-state index in [0.717, 1.165) is 36.1 Å². The second kappa shape index (κ2) is 9.11. The van der Waals surface area contributed by atoms with Crippen LogP contribution < -0.4 is 9.47 Å². The van der Waals surface area contributed by atoms with Crippen LogP contribution in [0.2, 0.25) is 0 Å². The van der Waals surface area contributed by atoms with Crippen LogP contribution in [0.15, 0.2) is 42.5 Å². The lowest BCUT2D eigenvalue weighted by Crippen LogP contribution is -2.46. The van der Waals surface area contributed by atoms with Crippen molar-refractivity contribution < 1.29 is 19.4 Å². The Morgan fingerprint density at radius 1 is 1.18 bits per heavy atom. The molecule has 0 saturated carbocycles. The number of benzene rings is 2. The van der Waals surface area contributed by atoms with Crippen LogP contribution in [0.4, 0.5) is 0 Å². The molecular weight excluding hydrogens is 354 g/mol. The summed E-state index contributed by atoms with van der Waals surface area (Å²) in [4.78, 5) is 14.1. The summed E-state index contributed by atoms with van der Waals surface area (Å²) in [6.45, 7) is 5.29. The summed E-state index contributed by atoms with van der Waals surface area (Å²) in [6.07, 6.45) is 2.62. The molecule has 2 atom stereocenters. The Kier molecular flexibility index (Phi) is 6.57. The van der Waals surface area contributed by atoms with Crippen molar-refractivity contribution in [2.45, 2.75) is 45.2 Å². The molecule has 1 fully saturated rings. The summed E-state index contributed by atoms with van der Waals surface area (Å²) in [5, 5.41) is 9.84. The fraction of sp³-hybridized carbons (Fsp3) is 0.435. The molecule has 1 heterocycles. The van der Waals surface area contributed by atoms with Crippen molar-refractivity contribution >= 4 is 5.97 Å². The molecule has 1 saturated heterocycles. The van der Waals surface area contributed by atoms with E-state index in [1.165, 1.54) is 0 Å². The van der Waals surface area contributed by atoms with Crippen LogP contribution >= 0.6 is 0 Å². The average molecular weight is 383 g/mol. The SMILES string of the molecule is CCOc1cc(C(c2cccc(C)c2)N2CCCCC2C(=O)O)ccc1OC. The maximum absolute atomic E-state index is 12.0. The van der Waals surface area contributed by atoms with E-state index in [-0.39, 0.29) is 6.04 Å². The summed E-state index contributed by atoms with van der Waals surface area (Å²) in [6, 6.07) is 13.6. The van der Waals surface area contributed by atoms with E-state index in [1.807, 2.05) is 31.2 Å². The summed E-state index contributed by atoms with van der Waals surface area (Å²) in [5.41, 5.74) is 3.27. The Balaban J connectivity index is 2.11.